The quantitative estimate of drug-likeness (QED) is 0.619. The van der Waals surface area contributed by atoms with Gasteiger partial charge in [0.1, 0.15) is 11.6 Å². The van der Waals surface area contributed by atoms with Crippen LogP contribution in [0, 0.1) is 5.92 Å². The number of aromatic nitrogens is 2. The van der Waals surface area contributed by atoms with E-state index in [0.29, 0.717) is 5.92 Å². The van der Waals surface area contributed by atoms with Gasteiger partial charge in [-0.05, 0) is 41.8 Å². The number of rotatable bonds is 6. The predicted octanol–water partition coefficient (Wildman–Crippen LogP) is 5.26. The van der Waals surface area contributed by atoms with E-state index in [4.69, 9.17) is 9.72 Å². The molecule has 0 amide bonds. The SMILES string of the molecule is CCC(C)Cn1c(/C=C/c2ccc(OC)cc2)nc2ccccc21. The molecule has 0 saturated carbocycles. The van der Waals surface area contributed by atoms with Crippen LogP contribution in [0.2, 0.25) is 0 Å². The highest BCUT2D eigenvalue weighted by atomic mass is 16.5. The highest BCUT2D eigenvalue weighted by Gasteiger charge is 2.10. The van der Waals surface area contributed by atoms with Crippen LogP contribution in [0.25, 0.3) is 23.2 Å². The van der Waals surface area contributed by atoms with E-state index >= 15 is 0 Å². The number of imidazole rings is 1. The first-order valence-electron chi connectivity index (χ1n) is 8.48. The van der Waals surface area contributed by atoms with E-state index in [1.165, 1.54) is 5.52 Å². The van der Waals surface area contributed by atoms with Crippen LogP contribution in [-0.2, 0) is 6.54 Å². The van der Waals surface area contributed by atoms with E-state index in [1.807, 2.05) is 18.2 Å². The lowest BCUT2D eigenvalue weighted by Gasteiger charge is -2.12. The summed E-state index contributed by atoms with van der Waals surface area (Å²) in [6.07, 6.45) is 5.37. The second kappa shape index (κ2) is 7.35. The van der Waals surface area contributed by atoms with Gasteiger partial charge < -0.3 is 9.30 Å². The molecule has 0 aliphatic heterocycles. The molecule has 0 radical (unpaired) electrons. The molecule has 124 valence electrons. The van der Waals surface area contributed by atoms with Crippen molar-refractivity contribution < 1.29 is 4.74 Å². The molecule has 0 spiro atoms. The fraction of sp³-hybridized carbons (Fsp3) is 0.286. The summed E-state index contributed by atoms with van der Waals surface area (Å²) in [5.74, 6) is 2.50. The number of hydrogen-bond donors (Lipinski definition) is 0. The molecule has 0 fully saturated rings. The van der Waals surface area contributed by atoms with Gasteiger partial charge >= 0.3 is 0 Å². The van der Waals surface area contributed by atoms with Crippen LogP contribution in [0.4, 0.5) is 0 Å². The van der Waals surface area contributed by atoms with Gasteiger partial charge in [0.2, 0.25) is 0 Å². The van der Waals surface area contributed by atoms with E-state index in [2.05, 4.69) is 60.9 Å². The smallest absolute Gasteiger partial charge is 0.133 e. The van der Waals surface area contributed by atoms with Crippen LogP contribution >= 0.6 is 0 Å². The molecule has 0 aliphatic carbocycles. The van der Waals surface area contributed by atoms with Crippen LogP contribution in [0.15, 0.2) is 48.5 Å². The van der Waals surface area contributed by atoms with Gasteiger partial charge in [0, 0.05) is 6.54 Å². The molecule has 1 atom stereocenters. The van der Waals surface area contributed by atoms with Crippen molar-refractivity contribution in [1.29, 1.82) is 0 Å². The van der Waals surface area contributed by atoms with Gasteiger partial charge in [-0.1, -0.05) is 50.6 Å². The Morgan fingerprint density at radius 2 is 1.83 bits per heavy atom. The molecule has 2 aromatic carbocycles. The molecule has 0 saturated heterocycles. The Morgan fingerprint density at radius 1 is 1.08 bits per heavy atom. The van der Waals surface area contributed by atoms with Crippen LogP contribution in [0.5, 0.6) is 5.75 Å². The van der Waals surface area contributed by atoms with Gasteiger partial charge in [-0.2, -0.15) is 0 Å². The molecule has 3 nitrogen and oxygen atoms in total. The number of hydrogen-bond acceptors (Lipinski definition) is 2. The van der Waals surface area contributed by atoms with Crippen molar-refractivity contribution in [2.45, 2.75) is 26.8 Å². The van der Waals surface area contributed by atoms with Gasteiger partial charge in [-0.3, -0.25) is 0 Å². The molecule has 1 heterocycles. The lowest BCUT2D eigenvalue weighted by Crippen LogP contribution is -2.08. The topological polar surface area (TPSA) is 27.1 Å². The lowest BCUT2D eigenvalue weighted by atomic mass is 10.1. The summed E-state index contributed by atoms with van der Waals surface area (Å²) in [6, 6.07) is 16.4. The first-order valence-corrected chi connectivity index (χ1v) is 8.48. The van der Waals surface area contributed by atoms with Crippen LogP contribution in [0.1, 0.15) is 31.7 Å². The molecule has 3 heteroatoms. The minimum atomic E-state index is 0.621. The lowest BCUT2D eigenvalue weighted by molar-refractivity contribution is 0.415. The summed E-state index contributed by atoms with van der Waals surface area (Å²) in [4.78, 5) is 4.80. The van der Waals surface area contributed by atoms with Gasteiger partial charge in [0.15, 0.2) is 0 Å². The van der Waals surface area contributed by atoms with Crippen molar-refractivity contribution >= 4 is 23.2 Å². The Bertz CT molecular complexity index is 831. The van der Waals surface area contributed by atoms with E-state index in [0.717, 1.165) is 35.6 Å². The summed E-state index contributed by atoms with van der Waals surface area (Å²) in [5.41, 5.74) is 3.39. The molecule has 0 bridgehead atoms. The molecule has 24 heavy (non-hydrogen) atoms. The summed E-state index contributed by atoms with van der Waals surface area (Å²) in [5, 5.41) is 0. The van der Waals surface area contributed by atoms with Crippen LogP contribution in [-0.4, -0.2) is 16.7 Å². The average Bonchev–Trinajstić information content (AvgIpc) is 2.98. The monoisotopic (exact) mass is 320 g/mol. The minimum Gasteiger partial charge on any atom is -0.497 e. The largest absolute Gasteiger partial charge is 0.497 e. The fourth-order valence-corrected chi connectivity index (χ4v) is 2.74. The maximum atomic E-state index is 5.21. The normalized spacial score (nSPS) is 12.8. The molecule has 0 aliphatic rings. The standard InChI is InChI=1S/C21H24N2O/c1-4-16(2)15-23-20-8-6-5-7-19(20)22-21(23)14-11-17-9-12-18(24-3)13-10-17/h5-14,16H,4,15H2,1-3H3/b14-11+. The second-order valence-electron chi connectivity index (χ2n) is 6.19. The van der Waals surface area contributed by atoms with E-state index < -0.39 is 0 Å². The number of methoxy groups -OCH3 is 1. The fourth-order valence-electron chi connectivity index (χ4n) is 2.74. The molecule has 1 unspecified atom stereocenters. The minimum absolute atomic E-state index is 0.621. The molecular weight excluding hydrogens is 296 g/mol. The first-order chi connectivity index (χ1) is 11.7. The summed E-state index contributed by atoms with van der Waals surface area (Å²) in [7, 11) is 1.68. The van der Waals surface area contributed by atoms with Gasteiger partial charge in [0.25, 0.3) is 0 Å². The third kappa shape index (κ3) is 3.51. The maximum absolute atomic E-state index is 5.21. The Kier molecular flexibility index (Phi) is 4.99. The highest BCUT2D eigenvalue weighted by molar-refractivity contribution is 5.79. The molecule has 0 N–H and O–H groups in total. The van der Waals surface area contributed by atoms with Gasteiger partial charge in [0.05, 0.1) is 18.1 Å². The van der Waals surface area contributed by atoms with Crippen molar-refractivity contribution in [2.24, 2.45) is 5.92 Å². The van der Waals surface area contributed by atoms with E-state index in [1.54, 1.807) is 7.11 Å². The number of nitrogens with zero attached hydrogens (tertiary/aromatic N) is 2. The Labute approximate surface area is 143 Å². The third-order valence-electron chi connectivity index (χ3n) is 4.42. The summed E-state index contributed by atoms with van der Waals surface area (Å²) in [6.45, 7) is 5.50. The van der Waals surface area contributed by atoms with E-state index in [-0.39, 0.29) is 0 Å². The van der Waals surface area contributed by atoms with Crippen molar-refractivity contribution in [3.05, 3.63) is 59.9 Å². The third-order valence-corrected chi connectivity index (χ3v) is 4.42. The second-order valence-corrected chi connectivity index (χ2v) is 6.19. The number of benzene rings is 2. The van der Waals surface area contributed by atoms with Gasteiger partial charge in [-0.15, -0.1) is 0 Å². The average molecular weight is 320 g/mol. The van der Waals surface area contributed by atoms with Crippen molar-refractivity contribution in [2.75, 3.05) is 7.11 Å². The molecule has 3 rings (SSSR count). The molecule has 1 aromatic heterocycles. The van der Waals surface area contributed by atoms with Crippen LogP contribution < -0.4 is 4.74 Å². The summed E-state index contributed by atoms with van der Waals surface area (Å²) < 4.78 is 7.53. The summed E-state index contributed by atoms with van der Waals surface area (Å²) >= 11 is 0. The zero-order valence-electron chi connectivity index (χ0n) is 14.6. The zero-order chi connectivity index (χ0) is 16.9. The van der Waals surface area contributed by atoms with Crippen molar-refractivity contribution in [1.82, 2.24) is 9.55 Å². The Hall–Kier alpha value is -2.55. The maximum Gasteiger partial charge on any atom is 0.133 e. The number of fused-ring (bicyclic) bond motifs is 1. The van der Waals surface area contributed by atoms with Crippen LogP contribution in [0.3, 0.4) is 0 Å². The van der Waals surface area contributed by atoms with Crippen molar-refractivity contribution in [3.8, 4) is 5.75 Å². The van der Waals surface area contributed by atoms with Gasteiger partial charge in [-0.25, -0.2) is 4.98 Å². The van der Waals surface area contributed by atoms with E-state index in [9.17, 15) is 0 Å². The molecule has 3 aromatic rings. The molecular formula is C21H24N2O. The zero-order valence-corrected chi connectivity index (χ0v) is 14.6. The number of ether oxygens (including phenoxy) is 1. The number of para-hydroxylation sites is 2. The Balaban J connectivity index is 1.94. The first kappa shape index (κ1) is 16.3. The Morgan fingerprint density at radius 3 is 2.54 bits per heavy atom. The van der Waals surface area contributed by atoms with Crippen molar-refractivity contribution in [3.63, 3.8) is 0 Å². The highest BCUT2D eigenvalue weighted by Crippen LogP contribution is 2.21. The predicted molar refractivity (Wildman–Crippen MR) is 101 cm³/mol.